The average molecular weight is 239 g/mol. The molecule has 1 aliphatic heterocycles. The van der Waals surface area contributed by atoms with Crippen LogP contribution in [0.2, 0.25) is 5.02 Å². The van der Waals surface area contributed by atoms with Crippen LogP contribution in [-0.4, -0.2) is 26.2 Å². The van der Waals surface area contributed by atoms with E-state index in [9.17, 15) is 0 Å². The summed E-state index contributed by atoms with van der Waals surface area (Å²) in [5.41, 5.74) is 1.35. The van der Waals surface area contributed by atoms with Crippen molar-refractivity contribution in [3.8, 4) is 0 Å². The highest BCUT2D eigenvalue weighted by molar-refractivity contribution is 6.30. The molecule has 0 spiro atoms. The summed E-state index contributed by atoms with van der Waals surface area (Å²) < 4.78 is 0. The molecule has 0 saturated carbocycles. The van der Waals surface area contributed by atoms with Gasteiger partial charge in [0.25, 0.3) is 0 Å². The van der Waals surface area contributed by atoms with Crippen LogP contribution in [0.5, 0.6) is 0 Å². The van der Waals surface area contributed by atoms with Gasteiger partial charge in [-0.3, -0.25) is 0 Å². The van der Waals surface area contributed by atoms with Crippen molar-refractivity contribution >= 4 is 11.6 Å². The third-order valence-corrected chi connectivity index (χ3v) is 3.35. The Morgan fingerprint density at radius 3 is 2.81 bits per heavy atom. The van der Waals surface area contributed by atoms with Crippen molar-refractivity contribution in [3.05, 3.63) is 34.9 Å². The van der Waals surface area contributed by atoms with Crippen molar-refractivity contribution < 1.29 is 0 Å². The third-order valence-electron chi connectivity index (χ3n) is 3.10. The molecule has 1 aromatic carbocycles. The van der Waals surface area contributed by atoms with Crippen molar-refractivity contribution in [1.29, 1.82) is 0 Å². The summed E-state index contributed by atoms with van der Waals surface area (Å²) in [6, 6.07) is 8.11. The number of halogens is 1. The zero-order chi connectivity index (χ0) is 11.2. The number of benzene rings is 1. The molecule has 16 heavy (non-hydrogen) atoms. The summed E-state index contributed by atoms with van der Waals surface area (Å²) in [6.07, 6.45) is 2.39. The maximum atomic E-state index is 5.84. The highest BCUT2D eigenvalue weighted by Crippen LogP contribution is 2.09. The standard InChI is InChI=1S/C13H19ClN2/c14-13-3-1-11(2-4-13)5-7-15-9-12-6-8-16-10-12/h1-4,12,15-16H,5-10H2. The monoisotopic (exact) mass is 238 g/mol. The van der Waals surface area contributed by atoms with E-state index in [1.165, 1.54) is 25.1 Å². The van der Waals surface area contributed by atoms with Gasteiger partial charge in [-0.15, -0.1) is 0 Å². The van der Waals surface area contributed by atoms with E-state index in [1.54, 1.807) is 0 Å². The second-order valence-corrected chi connectivity index (χ2v) is 4.88. The molecule has 1 aromatic rings. The van der Waals surface area contributed by atoms with Gasteiger partial charge in [0.1, 0.15) is 0 Å². The van der Waals surface area contributed by atoms with E-state index in [2.05, 4.69) is 22.8 Å². The molecule has 0 amide bonds. The molecule has 2 rings (SSSR count). The molecule has 2 nitrogen and oxygen atoms in total. The number of hydrogen-bond donors (Lipinski definition) is 2. The van der Waals surface area contributed by atoms with Crippen LogP contribution < -0.4 is 10.6 Å². The minimum atomic E-state index is 0.814. The number of rotatable bonds is 5. The van der Waals surface area contributed by atoms with Gasteiger partial charge in [0.2, 0.25) is 0 Å². The van der Waals surface area contributed by atoms with Gasteiger partial charge in [-0.05, 0) is 62.6 Å². The Balaban J connectivity index is 1.62. The molecule has 88 valence electrons. The van der Waals surface area contributed by atoms with Crippen molar-refractivity contribution in [1.82, 2.24) is 10.6 Å². The predicted molar refractivity (Wildman–Crippen MR) is 69.0 cm³/mol. The van der Waals surface area contributed by atoms with Crippen molar-refractivity contribution in [2.45, 2.75) is 12.8 Å². The Morgan fingerprint density at radius 2 is 2.12 bits per heavy atom. The van der Waals surface area contributed by atoms with E-state index in [-0.39, 0.29) is 0 Å². The molecule has 0 radical (unpaired) electrons. The maximum Gasteiger partial charge on any atom is 0.0406 e. The fourth-order valence-corrected chi connectivity index (χ4v) is 2.20. The van der Waals surface area contributed by atoms with E-state index in [1.807, 2.05) is 12.1 Å². The zero-order valence-electron chi connectivity index (χ0n) is 9.51. The lowest BCUT2D eigenvalue weighted by Gasteiger charge is -2.09. The Kier molecular flexibility index (Phi) is 4.64. The topological polar surface area (TPSA) is 24.1 Å². The summed E-state index contributed by atoms with van der Waals surface area (Å²) in [7, 11) is 0. The largest absolute Gasteiger partial charge is 0.316 e. The molecule has 0 aliphatic carbocycles. The van der Waals surface area contributed by atoms with Crippen LogP contribution in [0.15, 0.2) is 24.3 Å². The van der Waals surface area contributed by atoms with Crippen LogP contribution in [0.1, 0.15) is 12.0 Å². The number of nitrogens with one attached hydrogen (secondary N) is 2. The average Bonchev–Trinajstić information content (AvgIpc) is 2.80. The van der Waals surface area contributed by atoms with Crippen LogP contribution in [0.4, 0.5) is 0 Å². The van der Waals surface area contributed by atoms with Gasteiger partial charge >= 0.3 is 0 Å². The van der Waals surface area contributed by atoms with Crippen LogP contribution in [0.25, 0.3) is 0 Å². The first-order valence-corrected chi connectivity index (χ1v) is 6.38. The van der Waals surface area contributed by atoms with Gasteiger partial charge in [0.05, 0.1) is 0 Å². The minimum Gasteiger partial charge on any atom is -0.316 e. The molecule has 1 atom stereocenters. The lowest BCUT2D eigenvalue weighted by molar-refractivity contribution is 0.515. The molecular weight excluding hydrogens is 220 g/mol. The molecule has 1 fully saturated rings. The fraction of sp³-hybridized carbons (Fsp3) is 0.538. The molecular formula is C13H19ClN2. The Bertz CT molecular complexity index is 304. The van der Waals surface area contributed by atoms with E-state index in [4.69, 9.17) is 11.6 Å². The summed E-state index contributed by atoms with van der Waals surface area (Å²) in [6.45, 7) is 4.55. The molecule has 3 heteroatoms. The van der Waals surface area contributed by atoms with Gasteiger partial charge < -0.3 is 10.6 Å². The normalized spacial score (nSPS) is 20.2. The first kappa shape index (κ1) is 11.9. The lowest BCUT2D eigenvalue weighted by atomic mass is 10.1. The molecule has 2 N–H and O–H groups in total. The maximum absolute atomic E-state index is 5.84. The first-order valence-electron chi connectivity index (χ1n) is 6.00. The van der Waals surface area contributed by atoms with Crippen molar-refractivity contribution in [2.75, 3.05) is 26.2 Å². The summed E-state index contributed by atoms with van der Waals surface area (Å²) in [5, 5.41) is 7.71. The molecule has 1 saturated heterocycles. The SMILES string of the molecule is Clc1ccc(CCNCC2CCNC2)cc1. The van der Waals surface area contributed by atoms with Gasteiger partial charge in [-0.2, -0.15) is 0 Å². The third kappa shape index (κ3) is 3.78. The second kappa shape index (κ2) is 6.24. The van der Waals surface area contributed by atoms with E-state index >= 15 is 0 Å². The van der Waals surface area contributed by atoms with Gasteiger partial charge in [-0.25, -0.2) is 0 Å². The highest BCUT2D eigenvalue weighted by Gasteiger charge is 2.12. The first-order chi connectivity index (χ1) is 7.84. The summed E-state index contributed by atoms with van der Waals surface area (Å²) in [4.78, 5) is 0. The Morgan fingerprint density at radius 1 is 1.31 bits per heavy atom. The summed E-state index contributed by atoms with van der Waals surface area (Å²) in [5.74, 6) is 0.824. The number of hydrogen-bond acceptors (Lipinski definition) is 2. The zero-order valence-corrected chi connectivity index (χ0v) is 10.3. The van der Waals surface area contributed by atoms with E-state index < -0.39 is 0 Å². The van der Waals surface area contributed by atoms with E-state index in [0.717, 1.165) is 30.5 Å². The second-order valence-electron chi connectivity index (χ2n) is 4.44. The minimum absolute atomic E-state index is 0.814. The lowest BCUT2D eigenvalue weighted by Crippen LogP contribution is -2.26. The van der Waals surface area contributed by atoms with Crippen LogP contribution >= 0.6 is 11.6 Å². The highest BCUT2D eigenvalue weighted by atomic mass is 35.5. The van der Waals surface area contributed by atoms with Gasteiger partial charge in [0.15, 0.2) is 0 Å². The fourth-order valence-electron chi connectivity index (χ4n) is 2.08. The molecule has 1 unspecified atom stereocenters. The van der Waals surface area contributed by atoms with Gasteiger partial charge in [-0.1, -0.05) is 23.7 Å². The molecule has 0 bridgehead atoms. The quantitative estimate of drug-likeness (QED) is 0.768. The van der Waals surface area contributed by atoms with E-state index in [0.29, 0.717) is 0 Å². The van der Waals surface area contributed by atoms with Crippen molar-refractivity contribution in [2.24, 2.45) is 5.92 Å². The summed E-state index contributed by atoms with van der Waals surface area (Å²) >= 11 is 5.84. The molecule has 1 heterocycles. The van der Waals surface area contributed by atoms with Crippen LogP contribution in [0, 0.1) is 5.92 Å². The van der Waals surface area contributed by atoms with Crippen LogP contribution in [-0.2, 0) is 6.42 Å². The Hall–Kier alpha value is -0.570. The van der Waals surface area contributed by atoms with Gasteiger partial charge in [0, 0.05) is 5.02 Å². The molecule has 1 aliphatic rings. The molecule has 0 aromatic heterocycles. The smallest absolute Gasteiger partial charge is 0.0406 e. The van der Waals surface area contributed by atoms with Crippen molar-refractivity contribution in [3.63, 3.8) is 0 Å². The Labute approximate surface area is 102 Å². The van der Waals surface area contributed by atoms with Crippen LogP contribution in [0.3, 0.4) is 0 Å². The predicted octanol–water partition coefficient (Wildman–Crippen LogP) is 2.08.